The molecule has 1 aromatic carbocycles. The first kappa shape index (κ1) is 17.0. The Bertz CT molecular complexity index is 759. The number of hydrogen-bond acceptors (Lipinski definition) is 6. The van der Waals surface area contributed by atoms with Gasteiger partial charge in [0.05, 0.1) is 23.8 Å². The van der Waals surface area contributed by atoms with Crippen LogP contribution in [0.4, 0.5) is 0 Å². The maximum Gasteiger partial charge on any atom is 0.506 e. The molecule has 0 aliphatic rings. The van der Waals surface area contributed by atoms with Gasteiger partial charge >= 0.3 is 19.1 Å². The predicted octanol–water partition coefficient (Wildman–Crippen LogP) is 0.590. The molecule has 0 amide bonds. The molecule has 23 heavy (non-hydrogen) atoms. The summed E-state index contributed by atoms with van der Waals surface area (Å²) < 4.78 is 9.95. The SMILES string of the molecule is COC(=O)c1ccc2c(C(=O)OC(C)(C)C)c(B(O)O)[nH]c2c1. The first-order valence-corrected chi connectivity index (χ1v) is 6.97. The minimum Gasteiger partial charge on any atom is -0.465 e. The quantitative estimate of drug-likeness (QED) is 0.564. The number of benzene rings is 1. The molecule has 0 saturated heterocycles. The Morgan fingerprint density at radius 2 is 1.83 bits per heavy atom. The average Bonchev–Trinajstić information content (AvgIpc) is 2.83. The van der Waals surface area contributed by atoms with Gasteiger partial charge < -0.3 is 24.5 Å². The van der Waals surface area contributed by atoms with E-state index < -0.39 is 24.7 Å². The second-order valence-electron chi connectivity index (χ2n) is 6.04. The van der Waals surface area contributed by atoms with Crippen molar-refractivity contribution >= 4 is 35.6 Å². The zero-order valence-electron chi connectivity index (χ0n) is 13.3. The zero-order chi connectivity index (χ0) is 17.4. The summed E-state index contributed by atoms with van der Waals surface area (Å²) in [5, 5.41) is 19.4. The Labute approximate surface area is 133 Å². The van der Waals surface area contributed by atoms with Crippen molar-refractivity contribution in [3.63, 3.8) is 0 Å². The number of ether oxygens (including phenoxy) is 2. The lowest BCUT2D eigenvalue weighted by Gasteiger charge is -2.19. The van der Waals surface area contributed by atoms with Gasteiger partial charge in [0.15, 0.2) is 0 Å². The van der Waals surface area contributed by atoms with Gasteiger partial charge in [-0.1, -0.05) is 6.07 Å². The van der Waals surface area contributed by atoms with Crippen LogP contribution in [-0.2, 0) is 9.47 Å². The van der Waals surface area contributed by atoms with E-state index in [4.69, 9.17) is 4.74 Å². The fourth-order valence-electron chi connectivity index (χ4n) is 2.21. The first-order valence-electron chi connectivity index (χ1n) is 6.97. The van der Waals surface area contributed by atoms with Crippen molar-refractivity contribution in [2.45, 2.75) is 26.4 Å². The topological polar surface area (TPSA) is 109 Å². The van der Waals surface area contributed by atoms with Gasteiger partial charge in [0, 0.05) is 10.9 Å². The minimum atomic E-state index is -1.88. The third-order valence-electron chi connectivity index (χ3n) is 3.11. The molecule has 0 spiro atoms. The summed E-state index contributed by atoms with van der Waals surface area (Å²) in [6.45, 7) is 5.14. The van der Waals surface area contributed by atoms with Crippen molar-refractivity contribution in [1.82, 2.24) is 4.98 Å². The third-order valence-corrected chi connectivity index (χ3v) is 3.11. The summed E-state index contributed by atoms with van der Waals surface area (Å²) in [6, 6.07) is 4.49. The van der Waals surface area contributed by atoms with Crippen molar-refractivity contribution in [1.29, 1.82) is 0 Å². The second kappa shape index (κ2) is 6.06. The molecule has 2 rings (SSSR count). The van der Waals surface area contributed by atoms with Crippen LogP contribution < -0.4 is 5.59 Å². The fraction of sp³-hybridized carbons (Fsp3) is 0.333. The highest BCUT2D eigenvalue weighted by molar-refractivity contribution is 6.60. The minimum absolute atomic E-state index is 0.0290. The lowest BCUT2D eigenvalue weighted by atomic mass is 9.82. The van der Waals surface area contributed by atoms with E-state index in [0.717, 1.165) is 0 Å². The molecule has 0 saturated carbocycles. The van der Waals surface area contributed by atoms with Gasteiger partial charge in [-0.15, -0.1) is 0 Å². The van der Waals surface area contributed by atoms with Crippen molar-refractivity contribution in [2.24, 2.45) is 0 Å². The largest absolute Gasteiger partial charge is 0.506 e. The normalized spacial score (nSPS) is 11.4. The van der Waals surface area contributed by atoms with Gasteiger partial charge in [-0.3, -0.25) is 0 Å². The molecule has 3 N–H and O–H groups in total. The highest BCUT2D eigenvalue weighted by Crippen LogP contribution is 2.22. The number of methoxy groups -OCH3 is 1. The highest BCUT2D eigenvalue weighted by atomic mass is 16.6. The summed E-state index contributed by atoms with van der Waals surface area (Å²) in [4.78, 5) is 26.7. The molecule has 0 atom stereocenters. The van der Waals surface area contributed by atoms with Crippen LogP contribution in [0.15, 0.2) is 18.2 Å². The van der Waals surface area contributed by atoms with E-state index in [2.05, 4.69) is 9.72 Å². The molecule has 0 aliphatic heterocycles. The van der Waals surface area contributed by atoms with Crippen LogP contribution in [0.2, 0.25) is 0 Å². The molecule has 7 nitrogen and oxygen atoms in total. The molecule has 1 heterocycles. The van der Waals surface area contributed by atoms with Crippen molar-refractivity contribution in [2.75, 3.05) is 7.11 Å². The molecule has 0 radical (unpaired) electrons. The van der Waals surface area contributed by atoms with Crippen LogP contribution in [0.5, 0.6) is 0 Å². The lowest BCUT2D eigenvalue weighted by molar-refractivity contribution is 0.00727. The zero-order valence-corrected chi connectivity index (χ0v) is 13.3. The molecule has 0 unspecified atom stereocenters. The summed E-state index contributed by atoms with van der Waals surface area (Å²) >= 11 is 0. The van der Waals surface area contributed by atoms with Crippen LogP contribution in [0.25, 0.3) is 10.9 Å². The number of H-pyrrole nitrogens is 1. The molecule has 0 fully saturated rings. The lowest BCUT2D eigenvalue weighted by Crippen LogP contribution is -2.37. The Hall–Kier alpha value is -2.32. The summed E-state index contributed by atoms with van der Waals surface area (Å²) in [6.07, 6.45) is 0. The number of aromatic amines is 1. The molecule has 2 aromatic rings. The van der Waals surface area contributed by atoms with Gasteiger partial charge in [-0.2, -0.15) is 0 Å². The Balaban J connectivity index is 2.60. The van der Waals surface area contributed by atoms with Gasteiger partial charge in [0.2, 0.25) is 0 Å². The Kier molecular flexibility index (Phi) is 4.49. The van der Waals surface area contributed by atoms with E-state index in [1.165, 1.54) is 25.3 Å². The monoisotopic (exact) mass is 319 g/mol. The maximum absolute atomic E-state index is 12.4. The van der Waals surface area contributed by atoms with Gasteiger partial charge in [0.25, 0.3) is 0 Å². The van der Waals surface area contributed by atoms with E-state index in [1.54, 1.807) is 20.8 Å². The molecular weight excluding hydrogens is 301 g/mol. The van der Waals surface area contributed by atoms with Crippen LogP contribution in [0.3, 0.4) is 0 Å². The summed E-state index contributed by atoms with van der Waals surface area (Å²) in [7, 11) is -0.623. The maximum atomic E-state index is 12.4. The van der Waals surface area contributed by atoms with Crippen LogP contribution >= 0.6 is 0 Å². The number of aromatic nitrogens is 1. The molecule has 122 valence electrons. The molecule has 0 bridgehead atoms. The van der Waals surface area contributed by atoms with E-state index >= 15 is 0 Å². The molecular formula is C15H18BNO6. The Morgan fingerprint density at radius 3 is 2.35 bits per heavy atom. The van der Waals surface area contributed by atoms with E-state index in [1.807, 2.05) is 0 Å². The molecule has 0 aliphatic carbocycles. The van der Waals surface area contributed by atoms with E-state index in [-0.39, 0.29) is 16.7 Å². The number of carbonyl (C=O) groups excluding carboxylic acids is 2. The number of esters is 2. The predicted molar refractivity (Wildman–Crippen MR) is 84.6 cm³/mol. The fourth-order valence-corrected chi connectivity index (χ4v) is 2.21. The van der Waals surface area contributed by atoms with Crippen LogP contribution in [0.1, 0.15) is 41.5 Å². The van der Waals surface area contributed by atoms with Crippen LogP contribution in [-0.4, -0.2) is 46.8 Å². The average molecular weight is 319 g/mol. The second-order valence-corrected chi connectivity index (χ2v) is 6.04. The number of nitrogens with one attached hydrogen (secondary N) is 1. The smallest absolute Gasteiger partial charge is 0.465 e. The van der Waals surface area contributed by atoms with Crippen molar-refractivity contribution in [3.8, 4) is 0 Å². The number of fused-ring (bicyclic) bond motifs is 1. The van der Waals surface area contributed by atoms with Crippen LogP contribution in [0, 0.1) is 0 Å². The number of carbonyl (C=O) groups is 2. The van der Waals surface area contributed by atoms with Crippen molar-refractivity contribution < 1.29 is 29.1 Å². The summed E-state index contributed by atoms with van der Waals surface area (Å²) in [5.74, 6) is -1.22. The van der Waals surface area contributed by atoms with E-state index in [0.29, 0.717) is 10.9 Å². The van der Waals surface area contributed by atoms with E-state index in [9.17, 15) is 19.6 Å². The summed E-state index contributed by atoms with van der Waals surface area (Å²) in [5.41, 5.74) is -0.116. The highest BCUT2D eigenvalue weighted by Gasteiger charge is 2.29. The number of hydrogen-bond donors (Lipinski definition) is 3. The Morgan fingerprint density at radius 1 is 1.17 bits per heavy atom. The third kappa shape index (κ3) is 3.54. The molecule has 1 aromatic heterocycles. The van der Waals surface area contributed by atoms with Gasteiger partial charge in [0.1, 0.15) is 5.60 Å². The van der Waals surface area contributed by atoms with Crippen molar-refractivity contribution in [3.05, 3.63) is 29.3 Å². The molecule has 8 heteroatoms. The van der Waals surface area contributed by atoms with Gasteiger partial charge in [-0.05, 0) is 32.9 Å². The van der Waals surface area contributed by atoms with Gasteiger partial charge in [-0.25, -0.2) is 9.59 Å². The first-order chi connectivity index (χ1) is 10.6. The number of rotatable bonds is 3. The standard InChI is InChI=1S/C15H18BNO6/c1-15(2,3)23-14(19)11-9-6-5-8(13(18)22-4)7-10(9)17-12(11)16(20)21/h5-7,17,20-21H,1-4H3.